The minimum atomic E-state index is -4.31. The van der Waals surface area contributed by atoms with Crippen molar-refractivity contribution in [1.29, 1.82) is 0 Å². The van der Waals surface area contributed by atoms with Gasteiger partial charge in [-0.1, -0.05) is 0 Å². The molecule has 0 unspecified atom stereocenters. The van der Waals surface area contributed by atoms with Crippen LogP contribution in [-0.2, 0) is 0 Å². The Labute approximate surface area is 119 Å². The van der Waals surface area contributed by atoms with Crippen LogP contribution in [-0.4, -0.2) is 30.5 Å². The number of thioether (sulfide) groups is 1. The van der Waals surface area contributed by atoms with Crippen LogP contribution in [0.3, 0.4) is 0 Å². The highest BCUT2D eigenvalue weighted by atomic mass is 32.2. The molecule has 0 atom stereocenters. The van der Waals surface area contributed by atoms with E-state index in [1.807, 2.05) is 0 Å². The highest BCUT2D eigenvalue weighted by Gasteiger charge is 2.29. The van der Waals surface area contributed by atoms with Gasteiger partial charge in [-0.25, -0.2) is 0 Å². The van der Waals surface area contributed by atoms with E-state index in [4.69, 9.17) is 0 Å². The van der Waals surface area contributed by atoms with Gasteiger partial charge in [-0.05, 0) is 62.0 Å². The van der Waals surface area contributed by atoms with Gasteiger partial charge in [0.1, 0.15) is 0 Å². The molecule has 20 heavy (non-hydrogen) atoms. The van der Waals surface area contributed by atoms with E-state index in [0.29, 0.717) is 5.56 Å². The fourth-order valence-electron chi connectivity index (χ4n) is 2.04. The summed E-state index contributed by atoms with van der Waals surface area (Å²) in [6.07, 6.45) is 1.74. The normalized spacial score (nSPS) is 16.9. The highest BCUT2D eigenvalue weighted by molar-refractivity contribution is 8.00. The lowest BCUT2D eigenvalue weighted by atomic mass is 10.1. The number of hydrogen-bond acceptors (Lipinski definition) is 3. The number of piperidine rings is 1. The number of carbonyl (C=O) groups excluding carboxylic acids is 1. The van der Waals surface area contributed by atoms with E-state index in [1.54, 1.807) is 0 Å². The van der Waals surface area contributed by atoms with E-state index in [-0.39, 0.29) is 28.6 Å². The lowest BCUT2D eigenvalue weighted by Crippen LogP contribution is -2.42. The fourth-order valence-corrected chi connectivity index (χ4v) is 2.58. The van der Waals surface area contributed by atoms with Crippen LogP contribution in [0.4, 0.5) is 13.2 Å². The summed E-state index contributed by atoms with van der Waals surface area (Å²) in [6.45, 7) is 1.73. The summed E-state index contributed by atoms with van der Waals surface area (Å²) in [7, 11) is 0. The van der Waals surface area contributed by atoms with Gasteiger partial charge in [0.2, 0.25) is 0 Å². The van der Waals surface area contributed by atoms with Crippen LogP contribution in [0.25, 0.3) is 0 Å². The van der Waals surface area contributed by atoms with Crippen molar-refractivity contribution in [3.63, 3.8) is 0 Å². The Hall–Kier alpha value is -1.21. The molecule has 1 aliphatic heterocycles. The van der Waals surface area contributed by atoms with E-state index in [2.05, 4.69) is 10.6 Å². The van der Waals surface area contributed by atoms with Gasteiger partial charge < -0.3 is 10.6 Å². The first-order chi connectivity index (χ1) is 9.44. The zero-order chi connectivity index (χ0) is 14.6. The summed E-state index contributed by atoms with van der Waals surface area (Å²) < 4.78 is 36.6. The SMILES string of the molecule is O=C(NC1CCNCC1)c1ccc(SC(F)(F)F)cc1. The van der Waals surface area contributed by atoms with E-state index in [0.717, 1.165) is 25.9 Å². The first kappa shape index (κ1) is 15.2. The molecule has 2 rings (SSSR count). The zero-order valence-corrected chi connectivity index (χ0v) is 11.5. The molecule has 1 saturated heterocycles. The molecule has 1 amide bonds. The van der Waals surface area contributed by atoms with Crippen LogP contribution >= 0.6 is 11.8 Å². The number of carbonyl (C=O) groups is 1. The van der Waals surface area contributed by atoms with Crippen molar-refractivity contribution in [2.24, 2.45) is 0 Å². The van der Waals surface area contributed by atoms with Crippen LogP contribution in [0.5, 0.6) is 0 Å². The van der Waals surface area contributed by atoms with Gasteiger partial charge >= 0.3 is 5.51 Å². The minimum Gasteiger partial charge on any atom is -0.349 e. The number of rotatable bonds is 3. The van der Waals surface area contributed by atoms with Crippen LogP contribution in [0.15, 0.2) is 29.2 Å². The molecule has 110 valence electrons. The second-order valence-corrected chi connectivity index (χ2v) is 5.71. The summed E-state index contributed by atoms with van der Waals surface area (Å²) in [5.41, 5.74) is -3.92. The fraction of sp³-hybridized carbons (Fsp3) is 0.462. The van der Waals surface area contributed by atoms with Crippen molar-refractivity contribution in [3.8, 4) is 0 Å². The van der Waals surface area contributed by atoms with Crippen molar-refractivity contribution in [2.75, 3.05) is 13.1 Å². The Morgan fingerprint density at radius 1 is 1.20 bits per heavy atom. The lowest BCUT2D eigenvalue weighted by molar-refractivity contribution is -0.0328. The predicted molar refractivity (Wildman–Crippen MR) is 71.7 cm³/mol. The summed E-state index contributed by atoms with van der Waals surface area (Å²) in [4.78, 5) is 12.0. The van der Waals surface area contributed by atoms with Crippen molar-refractivity contribution < 1.29 is 18.0 Å². The highest BCUT2D eigenvalue weighted by Crippen LogP contribution is 2.36. The van der Waals surface area contributed by atoms with Crippen molar-refractivity contribution >= 4 is 17.7 Å². The average molecular weight is 304 g/mol. The Balaban J connectivity index is 1.93. The molecule has 1 aliphatic rings. The number of nitrogens with one attached hydrogen (secondary N) is 2. The molecule has 7 heteroatoms. The maximum atomic E-state index is 12.2. The molecule has 0 radical (unpaired) electrons. The third-order valence-corrected chi connectivity index (χ3v) is 3.76. The summed E-state index contributed by atoms with van der Waals surface area (Å²) in [6, 6.07) is 5.60. The Kier molecular flexibility index (Phi) is 4.93. The Bertz CT molecular complexity index is 456. The Morgan fingerprint density at radius 3 is 2.35 bits per heavy atom. The second-order valence-electron chi connectivity index (χ2n) is 4.57. The van der Waals surface area contributed by atoms with E-state index in [1.165, 1.54) is 24.3 Å². The topological polar surface area (TPSA) is 41.1 Å². The van der Waals surface area contributed by atoms with Crippen LogP contribution in [0.2, 0.25) is 0 Å². The van der Waals surface area contributed by atoms with Gasteiger partial charge in [0.25, 0.3) is 5.91 Å². The van der Waals surface area contributed by atoms with Crippen LogP contribution in [0.1, 0.15) is 23.2 Å². The molecule has 3 nitrogen and oxygen atoms in total. The van der Waals surface area contributed by atoms with Crippen LogP contribution < -0.4 is 10.6 Å². The number of halogens is 3. The van der Waals surface area contributed by atoms with Crippen molar-refractivity contribution in [3.05, 3.63) is 29.8 Å². The van der Waals surface area contributed by atoms with E-state index in [9.17, 15) is 18.0 Å². The molecular weight excluding hydrogens is 289 g/mol. The molecule has 0 bridgehead atoms. The molecule has 1 aromatic carbocycles. The molecule has 1 heterocycles. The predicted octanol–water partition coefficient (Wildman–Crippen LogP) is 2.78. The lowest BCUT2D eigenvalue weighted by Gasteiger charge is -2.23. The molecule has 0 saturated carbocycles. The van der Waals surface area contributed by atoms with Crippen LogP contribution in [0, 0.1) is 0 Å². The first-order valence-corrected chi connectivity index (χ1v) is 7.13. The monoisotopic (exact) mass is 304 g/mol. The van der Waals surface area contributed by atoms with E-state index < -0.39 is 5.51 Å². The standard InChI is InChI=1S/C13H15F3N2OS/c14-13(15,16)20-11-3-1-9(2-4-11)12(19)18-10-5-7-17-8-6-10/h1-4,10,17H,5-8H2,(H,18,19). The first-order valence-electron chi connectivity index (χ1n) is 6.31. The number of alkyl halides is 3. The quantitative estimate of drug-likeness (QED) is 0.844. The maximum absolute atomic E-state index is 12.2. The largest absolute Gasteiger partial charge is 0.446 e. The average Bonchev–Trinajstić information content (AvgIpc) is 2.39. The third kappa shape index (κ3) is 4.72. The molecule has 0 aliphatic carbocycles. The van der Waals surface area contributed by atoms with Crippen molar-refractivity contribution in [1.82, 2.24) is 10.6 Å². The Morgan fingerprint density at radius 2 is 1.80 bits per heavy atom. The van der Waals surface area contributed by atoms with Gasteiger partial charge in [0.05, 0.1) is 0 Å². The molecular formula is C13H15F3N2OS. The summed E-state index contributed by atoms with van der Waals surface area (Å²) in [5, 5.41) is 6.09. The van der Waals surface area contributed by atoms with Gasteiger partial charge in [-0.2, -0.15) is 13.2 Å². The summed E-state index contributed by atoms with van der Waals surface area (Å²) >= 11 is -0.183. The summed E-state index contributed by atoms with van der Waals surface area (Å²) in [5.74, 6) is -0.236. The zero-order valence-electron chi connectivity index (χ0n) is 10.7. The van der Waals surface area contributed by atoms with Gasteiger partial charge in [-0.15, -0.1) is 0 Å². The van der Waals surface area contributed by atoms with Gasteiger partial charge in [0.15, 0.2) is 0 Å². The number of benzene rings is 1. The molecule has 1 fully saturated rings. The van der Waals surface area contributed by atoms with Gasteiger partial charge in [-0.3, -0.25) is 4.79 Å². The third-order valence-electron chi connectivity index (χ3n) is 3.02. The number of amides is 1. The molecule has 1 aromatic rings. The van der Waals surface area contributed by atoms with Crippen molar-refractivity contribution in [2.45, 2.75) is 29.3 Å². The molecule has 0 aromatic heterocycles. The second kappa shape index (κ2) is 6.49. The van der Waals surface area contributed by atoms with E-state index >= 15 is 0 Å². The molecule has 0 spiro atoms. The maximum Gasteiger partial charge on any atom is 0.446 e. The molecule has 2 N–H and O–H groups in total. The minimum absolute atomic E-state index is 0.0796. The van der Waals surface area contributed by atoms with Gasteiger partial charge in [0, 0.05) is 16.5 Å². The number of hydrogen-bond donors (Lipinski definition) is 2. The smallest absolute Gasteiger partial charge is 0.349 e.